The predicted molar refractivity (Wildman–Crippen MR) is 52.9 cm³/mol. The summed E-state index contributed by atoms with van der Waals surface area (Å²) >= 11 is 5.61. The van der Waals surface area contributed by atoms with Crippen molar-refractivity contribution >= 4 is 17.3 Å². The van der Waals surface area contributed by atoms with E-state index in [1.807, 2.05) is 6.07 Å². The minimum atomic E-state index is -0.598. The summed E-state index contributed by atoms with van der Waals surface area (Å²) < 4.78 is 13.0. The highest BCUT2D eigenvalue weighted by Crippen LogP contribution is 2.21. The topological polar surface area (TPSA) is 49.8 Å². The first-order valence-corrected chi connectivity index (χ1v) is 4.13. The van der Waals surface area contributed by atoms with Gasteiger partial charge in [-0.1, -0.05) is 23.4 Å². The quantitative estimate of drug-likeness (QED) is 0.526. The van der Waals surface area contributed by atoms with Gasteiger partial charge < -0.3 is 5.73 Å². The molecule has 2 nitrogen and oxygen atoms in total. The number of rotatable bonds is 0. The molecular formula is C10H6ClFN2. The van der Waals surface area contributed by atoms with Crippen molar-refractivity contribution in [1.29, 1.82) is 5.26 Å². The molecule has 2 N–H and O–H groups in total. The zero-order valence-corrected chi connectivity index (χ0v) is 7.90. The third-order valence-corrected chi connectivity index (χ3v) is 1.70. The Morgan fingerprint density at radius 3 is 2.86 bits per heavy atom. The van der Waals surface area contributed by atoms with Gasteiger partial charge in [0.15, 0.2) is 0 Å². The summed E-state index contributed by atoms with van der Waals surface area (Å²) in [4.78, 5) is 0. The zero-order chi connectivity index (χ0) is 10.6. The minimum absolute atomic E-state index is 0.0418. The third kappa shape index (κ3) is 2.39. The molecule has 0 bridgehead atoms. The van der Waals surface area contributed by atoms with Gasteiger partial charge >= 0.3 is 0 Å². The maximum Gasteiger partial charge on any atom is 0.148 e. The molecule has 0 aliphatic carbocycles. The van der Waals surface area contributed by atoms with E-state index in [-0.39, 0.29) is 17.1 Å². The number of nitrogens with two attached hydrogens (primary N) is 1. The summed E-state index contributed by atoms with van der Waals surface area (Å²) in [5, 5.41) is 8.47. The molecule has 0 aliphatic heterocycles. The van der Waals surface area contributed by atoms with Gasteiger partial charge in [-0.25, -0.2) is 4.39 Å². The van der Waals surface area contributed by atoms with Crippen LogP contribution in [0.25, 0.3) is 0 Å². The number of halogens is 2. The van der Waals surface area contributed by atoms with Gasteiger partial charge in [0.05, 0.1) is 23.7 Å². The van der Waals surface area contributed by atoms with Crippen LogP contribution in [0.1, 0.15) is 12.0 Å². The third-order valence-electron chi connectivity index (χ3n) is 1.48. The Balaban J connectivity index is 3.11. The summed E-state index contributed by atoms with van der Waals surface area (Å²) in [7, 11) is 0. The average Bonchev–Trinajstić information content (AvgIpc) is 2.13. The van der Waals surface area contributed by atoms with Crippen molar-refractivity contribution < 1.29 is 4.39 Å². The lowest BCUT2D eigenvalue weighted by Crippen LogP contribution is -1.94. The Hall–Kier alpha value is -1.71. The summed E-state index contributed by atoms with van der Waals surface area (Å²) in [6.07, 6.45) is 0.0770. The molecule has 0 amide bonds. The van der Waals surface area contributed by atoms with Gasteiger partial charge in [0, 0.05) is 5.02 Å². The highest BCUT2D eigenvalue weighted by atomic mass is 35.5. The molecule has 0 saturated carbocycles. The summed E-state index contributed by atoms with van der Waals surface area (Å²) in [6.45, 7) is 0. The van der Waals surface area contributed by atoms with Crippen molar-refractivity contribution in [1.82, 2.24) is 0 Å². The van der Waals surface area contributed by atoms with E-state index in [4.69, 9.17) is 22.6 Å². The smallest absolute Gasteiger partial charge is 0.148 e. The van der Waals surface area contributed by atoms with E-state index in [1.54, 1.807) is 0 Å². The maximum absolute atomic E-state index is 13.0. The number of benzene rings is 1. The normalized spacial score (nSPS) is 8.64. The lowest BCUT2D eigenvalue weighted by Gasteiger charge is -2.00. The van der Waals surface area contributed by atoms with Crippen molar-refractivity contribution in [2.75, 3.05) is 5.73 Å². The molecular weight excluding hydrogens is 203 g/mol. The molecule has 1 aromatic rings. The van der Waals surface area contributed by atoms with E-state index in [2.05, 4.69) is 11.8 Å². The number of nitrogen functional groups attached to an aromatic ring is 1. The molecule has 1 aromatic carbocycles. The van der Waals surface area contributed by atoms with Crippen molar-refractivity contribution in [3.8, 4) is 17.9 Å². The first-order chi connectivity index (χ1) is 6.65. The average molecular weight is 209 g/mol. The zero-order valence-electron chi connectivity index (χ0n) is 7.14. The molecule has 0 fully saturated rings. The largest absolute Gasteiger partial charge is 0.395 e. The standard InChI is InChI=1S/C10H6ClFN2/c11-8-5-7(3-1-2-4-13)10(14)9(12)6-8/h5-6H,2,14H2. The molecule has 70 valence electrons. The van der Waals surface area contributed by atoms with Gasteiger partial charge in [-0.2, -0.15) is 5.26 Å². The van der Waals surface area contributed by atoms with Crippen LogP contribution in [0, 0.1) is 29.0 Å². The summed E-state index contributed by atoms with van der Waals surface area (Å²) in [5.74, 6) is 4.51. The molecule has 0 saturated heterocycles. The Morgan fingerprint density at radius 1 is 1.50 bits per heavy atom. The molecule has 0 aromatic heterocycles. The summed E-state index contributed by atoms with van der Waals surface area (Å²) in [5.41, 5.74) is 5.68. The predicted octanol–water partition coefficient (Wildman–Crippen LogP) is 2.33. The highest BCUT2D eigenvalue weighted by Gasteiger charge is 2.04. The maximum atomic E-state index is 13.0. The van der Waals surface area contributed by atoms with Crippen LogP contribution in [0.3, 0.4) is 0 Å². The van der Waals surface area contributed by atoms with Crippen LogP contribution in [0.5, 0.6) is 0 Å². The fourth-order valence-corrected chi connectivity index (χ4v) is 1.07. The first-order valence-electron chi connectivity index (χ1n) is 3.75. The lowest BCUT2D eigenvalue weighted by molar-refractivity contribution is 0.632. The van der Waals surface area contributed by atoms with E-state index >= 15 is 0 Å². The van der Waals surface area contributed by atoms with Crippen LogP contribution in [0.2, 0.25) is 5.02 Å². The molecule has 0 unspecified atom stereocenters. The van der Waals surface area contributed by atoms with E-state index < -0.39 is 5.82 Å². The molecule has 14 heavy (non-hydrogen) atoms. The van der Waals surface area contributed by atoms with Gasteiger partial charge in [-0.15, -0.1) is 0 Å². The van der Waals surface area contributed by atoms with Crippen LogP contribution in [0.15, 0.2) is 12.1 Å². The molecule has 0 radical (unpaired) electrons. The van der Waals surface area contributed by atoms with Gasteiger partial charge in [0.1, 0.15) is 5.82 Å². The molecule has 0 heterocycles. The number of nitrogens with zero attached hydrogens (tertiary/aromatic N) is 1. The molecule has 0 atom stereocenters. The number of hydrogen-bond acceptors (Lipinski definition) is 2. The Kier molecular flexibility index (Phi) is 3.34. The fraction of sp³-hybridized carbons (Fsp3) is 0.100. The molecule has 0 aliphatic rings. The van der Waals surface area contributed by atoms with E-state index in [0.29, 0.717) is 5.56 Å². The minimum Gasteiger partial charge on any atom is -0.395 e. The van der Waals surface area contributed by atoms with Crippen LogP contribution < -0.4 is 5.73 Å². The number of anilines is 1. The lowest BCUT2D eigenvalue weighted by atomic mass is 10.2. The molecule has 4 heteroatoms. The Morgan fingerprint density at radius 2 is 2.21 bits per heavy atom. The fourth-order valence-electron chi connectivity index (χ4n) is 0.867. The SMILES string of the molecule is N#CCC#Cc1cc(Cl)cc(F)c1N. The van der Waals surface area contributed by atoms with E-state index in [1.165, 1.54) is 6.07 Å². The van der Waals surface area contributed by atoms with Crippen LogP contribution in [-0.2, 0) is 0 Å². The number of hydrogen-bond donors (Lipinski definition) is 1. The van der Waals surface area contributed by atoms with Crippen molar-refractivity contribution in [2.45, 2.75) is 6.42 Å². The molecule has 1 rings (SSSR count). The monoisotopic (exact) mass is 208 g/mol. The van der Waals surface area contributed by atoms with Crippen molar-refractivity contribution in [3.05, 3.63) is 28.5 Å². The van der Waals surface area contributed by atoms with E-state index in [9.17, 15) is 4.39 Å². The first kappa shape index (κ1) is 10.4. The molecule has 0 spiro atoms. The second-order valence-electron chi connectivity index (χ2n) is 2.49. The van der Waals surface area contributed by atoms with Gasteiger partial charge in [0.2, 0.25) is 0 Å². The van der Waals surface area contributed by atoms with Crippen molar-refractivity contribution in [2.24, 2.45) is 0 Å². The van der Waals surface area contributed by atoms with Crippen molar-refractivity contribution in [3.63, 3.8) is 0 Å². The van der Waals surface area contributed by atoms with Crippen LogP contribution >= 0.6 is 11.6 Å². The van der Waals surface area contributed by atoms with E-state index in [0.717, 1.165) is 6.07 Å². The highest BCUT2D eigenvalue weighted by molar-refractivity contribution is 6.30. The Bertz CT molecular complexity index is 452. The second kappa shape index (κ2) is 4.50. The van der Waals surface area contributed by atoms with Gasteiger partial charge in [-0.3, -0.25) is 0 Å². The van der Waals surface area contributed by atoms with Crippen LogP contribution in [0.4, 0.5) is 10.1 Å². The second-order valence-corrected chi connectivity index (χ2v) is 2.92. The number of nitriles is 1. The summed E-state index contributed by atoms with van der Waals surface area (Å²) in [6, 6.07) is 4.43. The van der Waals surface area contributed by atoms with Gasteiger partial charge in [0.25, 0.3) is 0 Å². The van der Waals surface area contributed by atoms with Crippen LogP contribution in [-0.4, -0.2) is 0 Å². The Labute approximate surface area is 86.1 Å². The van der Waals surface area contributed by atoms with Gasteiger partial charge in [-0.05, 0) is 12.1 Å².